The molecule has 0 unspecified atom stereocenters. The van der Waals surface area contributed by atoms with E-state index < -0.39 is 32.6 Å². The minimum Gasteiger partial charge on any atom is -0.309 e. The summed E-state index contributed by atoms with van der Waals surface area (Å²) in [6, 6.07) is 4.93. The van der Waals surface area contributed by atoms with Crippen molar-refractivity contribution in [3.05, 3.63) is 42.1 Å². The number of nitrogens with zero attached hydrogens (tertiary/aromatic N) is 2. The average Bonchev–Trinajstić information content (AvgIpc) is 2.91. The molecule has 1 aromatic carbocycles. The van der Waals surface area contributed by atoms with E-state index in [4.69, 9.17) is 0 Å². The number of alkyl halides is 3. The molecular weight excluding hydrogens is 361 g/mol. The van der Waals surface area contributed by atoms with Crippen LogP contribution in [0.15, 0.2) is 41.4 Å². The van der Waals surface area contributed by atoms with E-state index in [0.29, 0.717) is 11.9 Å². The Labute approximate surface area is 141 Å². The number of hydrogen-bond acceptors (Lipinski definition) is 4. The van der Waals surface area contributed by atoms with Crippen LogP contribution in [0.3, 0.4) is 0 Å². The Morgan fingerprint density at radius 3 is 2.60 bits per heavy atom. The Hall–Kier alpha value is -2.40. The monoisotopic (exact) mass is 376 g/mol. The van der Waals surface area contributed by atoms with Gasteiger partial charge in [0.1, 0.15) is 0 Å². The van der Waals surface area contributed by atoms with Crippen molar-refractivity contribution in [1.82, 2.24) is 14.5 Å². The Morgan fingerprint density at radius 1 is 1.28 bits per heavy atom. The van der Waals surface area contributed by atoms with E-state index in [2.05, 4.69) is 15.1 Å². The number of amides is 1. The molecule has 7 nitrogen and oxygen atoms in total. The van der Waals surface area contributed by atoms with Crippen LogP contribution in [0.4, 0.5) is 19.0 Å². The predicted molar refractivity (Wildman–Crippen MR) is 83.1 cm³/mol. The molecule has 1 heterocycles. The maximum absolute atomic E-state index is 12.6. The molecule has 0 aliphatic heterocycles. The van der Waals surface area contributed by atoms with Crippen molar-refractivity contribution in [2.45, 2.75) is 17.5 Å². The molecule has 0 aliphatic carbocycles. The molecule has 0 aliphatic rings. The molecule has 0 radical (unpaired) electrons. The van der Waals surface area contributed by atoms with Gasteiger partial charge in [-0.25, -0.2) is 13.1 Å². The van der Waals surface area contributed by atoms with Gasteiger partial charge in [-0.15, -0.1) is 0 Å². The second kappa shape index (κ2) is 7.23. The van der Waals surface area contributed by atoms with Crippen LogP contribution in [0, 0.1) is 0 Å². The van der Waals surface area contributed by atoms with Gasteiger partial charge < -0.3 is 5.32 Å². The fraction of sp³-hybridized carbons (Fsp3) is 0.286. The number of aromatic nitrogens is 2. The maximum atomic E-state index is 12.6. The summed E-state index contributed by atoms with van der Waals surface area (Å²) in [5.74, 6) is -0.168. The molecule has 136 valence electrons. The first-order chi connectivity index (χ1) is 11.6. The summed E-state index contributed by atoms with van der Waals surface area (Å²) in [6.45, 7) is -0.267. The zero-order chi connectivity index (χ0) is 18.7. The first-order valence-electron chi connectivity index (χ1n) is 7.04. The minimum absolute atomic E-state index is 0.200. The molecule has 0 saturated heterocycles. The lowest BCUT2D eigenvalue weighted by molar-refractivity contribution is -0.137. The van der Waals surface area contributed by atoms with Crippen molar-refractivity contribution in [1.29, 1.82) is 0 Å². The van der Waals surface area contributed by atoms with Gasteiger partial charge in [0.05, 0.1) is 10.5 Å². The molecule has 2 aromatic rings. The molecule has 1 aromatic heterocycles. The second-order valence-corrected chi connectivity index (χ2v) is 6.86. The number of halogens is 3. The van der Waals surface area contributed by atoms with Crippen LogP contribution in [-0.2, 0) is 28.0 Å². The quantitative estimate of drug-likeness (QED) is 0.803. The number of carbonyl (C=O) groups excluding carboxylic acids is 1. The number of anilines is 1. The number of nitrogens with one attached hydrogen (secondary N) is 2. The SMILES string of the molecule is Cn1ccc(NC(=O)CCNS(=O)(=O)c2cccc(C(F)(F)F)c2)n1. The third-order valence-corrected chi connectivity index (χ3v) is 4.56. The first-order valence-corrected chi connectivity index (χ1v) is 8.53. The van der Waals surface area contributed by atoms with Crippen molar-refractivity contribution in [2.75, 3.05) is 11.9 Å². The highest BCUT2D eigenvalue weighted by Gasteiger charge is 2.31. The summed E-state index contributed by atoms with van der Waals surface area (Å²) >= 11 is 0. The lowest BCUT2D eigenvalue weighted by atomic mass is 10.2. The van der Waals surface area contributed by atoms with Crippen molar-refractivity contribution in [3.8, 4) is 0 Å². The number of benzene rings is 1. The average molecular weight is 376 g/mol. The number of hydrogen-bond donors (Lipinski definition) is 2. The van der Waals surface area contributed by atoms with Crippen molar-refractivity contribution < 1.29 is 26.4 Å². The summed E-state index contributed by atoms with van der Waals surface area (Å²) in [4.78, 5) is 11.2. The van der Waals surface area contributed by atoms with Gasteiger partial charge in [-0.1, -0.05) is 6.07 Å². The fourth-order valence-corrected chi connectivity index (χ4v) is 2.99. The van der Waals surface area contributed by atoms with Crippen LogP contribution in [0.1, 0.15) is 12.0 Å². The fourth-order valence-electron chi connectivity index (χ4n) is 1.91. The topological polar surface area (TPSA) is 93.1 Å². The predicted octanol–water partition coefficient (Wildman–Crippen LogP) is 1.75. The Bertz CT molecular complexity index is 862. The Morgan fingerprint density at radius 2 is 2.00 bits per heavy atom. The molecular formula is C14H15F3N4O3S. The summed E-state index contributed by atoms with van der Waals surface area (Å²) < 4.78 is 65.6. The van der Waals surface area contributed by atoms with Crippen molar-refractivity contribution >= 4 is 21.7 Å². The molecule has 2 rings (SSSR count). The molecule has 2 N–H and O–H groups in total. The highest BCUT2D eigenvalue weighted by Crippen LogP contribution is 2.30. The van der Waals surface area contributed by atoms with Gasteiger partial charge >= 0.3 is 6.18 Å². The third-order valence-electron chi connectivity index (χ3n) is 3.10. The Balaban J connectivity index is 1.94. The largest absolute Gasteiger partial charge is 0.416 e. The van der Waals surface area contributed by atoms with Gasteiger partial charge in [0.25, 0.3) is 0 Å². The van der Waals surface area contributed by atoms with Gasteiger partial charge in [-0.2, -0.15) is 18.3 Å². The van der Waals surface area contributed by atoms with Crippen LogP contribution in [0.25, 0.3) is 0 Å². The van der Waals surface area contributed by atoms with E-state index >= 15 is 0 Å². The van der Waals surface area contributed by atoms with E-state index in [0.717, 1.165) is 18.2 Å². The lowest BCUT2D eigenvalue weighted by Crippen LogP contribution is -2.28. The lowest BCUT2D eigenvalue weighted by Gasteiger charge is -2.10. The minimum atomic E-state index is -4.64. The van der Waals surface area contributed by atoms with Crippen LogP contribution in [0.2, 0.25) is 0 Å². The van der Waals surface area contributed by atoms with Crippen LogP contribution >= 0.6 is 0 Å². The van der Waals surface area contributed by atoms with Crippen LogP contribution in [0.5, 0.6) is 0 Å². The number of sulfonamides is 1. The molecule has 0 fully saturated rings. The number of carbonyl (C=O) groups is 1. The standard InChI is InChI=1S/C14H15F3N4O3S/c1-21-8-6-12(20-21)19-13(22)5-7-18-25(23,24)11-4-2-3-10(9-11)14(15,16)17/h2-4,6,8-9,18H,5,7H2,1H3,(H,19,20,22). The maximum Gasteiger partial charge on any atom is 0.416 e. The molecule has 0 saturated carbocycles. The Kier molecular flexibility index (Phi) is 5.48. The van der Waals surface area contributed by atoms with Crippen molar-refractivity contribution in [3.63, 3.8) is 0 Å². The normalized spacial score (nSPS) is 12.2. The molecule has 0 atom stereocenters. The molecule has 1 amide bonds. The summed E-state index contributed by atoms with van der Waals surface area (Å²) in [6.07, 6.45) is -3.23. The van der Waals surface area contributed by atoms with Crippen molar-refractivity contribution in [2.24, 2.45) is 7.05 Å². The molecule has 0 spiro atoms. The summed E-state index contributed by atoms with van der Waals surface area (Å²) in [7, 11) is -2.49. The smallest absolute Gasteiger partial charge is 0.309 e. The second-order valence-electron chi connectivity index (χ2n) is 5.10. The number of rotatable bonds is 6. The van der Waals surface area contributed by atoms with Gasteiger partial charge in [-0.3, -0.25) is 9.48 Å². The van der Waals surface area contributed by atoms with E-state index in [-0.39, 0.29) is 13.0 Å². The zero-order valence-corrected chi connectivity index (χ0v) is 13.9. The van der Waals surface area contributed by atoms with Gasteiger partial charge in [0, 0.05) is 32.3 Å². The number of aryl methyl sites for hydroxylation is 1. The third kappa shape index (κ3) is 5.29. The zero-order valence-electron chi connectivity index (χ0n) is 13.0. The van der Waals surface area contributed by atoms with E-state index in [1.54, 1.807) is 19.3 Å². The summed E-state index contributed by atoms with van der Waals surface area (Å²) in [5.41, 5.74) is -1.07. The molecule has 0 bridgehead atoms. The van der Waals surface area contributed by atoms with Gasteiger partial charge in [-0.05, 0) is 18.2 Å². The first kappa shape index (κ1) is 18.9. The molecule has 25 heavy (non-hydrogen) atoms. The van der Waals surface area contributed by atoms with E-state index in [1.165, 1.54) is 4.68 Å². The van der Waals surface area contributed by atoms with Crippen LogP contribution in [-0.4, -0.2) is 30.7 Å². The van der Waals surface area contributed by atoms with E-state index in [9.17, 15) is 26.4 Å². The highest BCUT2D eigenvalue weighted by atomic mass is 32.2. The van der Waals surface area contributed by atoms with Crippen LogP contribution < -0.4 is 10.0 Å². The van der Waals surface area contributed by atoms with Gasteiger partial charge in [0.15, 0.2) is 5.82 Å². The molecule has 11 heteroatoms. The highest BCUT2D eigenvalue weighted by molar-refractivity contribution is 7.89. The van der Waals surface area contributed by atoms with E-state index in [1.807, 2.05) is 0 Å². The van der Waals surface area contributed by atoms with Gasteiger partial charge in [0.2, 0.25) is 15.9 Å². The summed E-state index contributed by atoms with van der Waals surface area (Å²) in [5, 5.41) is 6.39.